The van der Waals surface area contributed by atoms with E-state index in [1.165, 1.54) is 11.3 Å². The van der Waals surface area contributed by atoms with Crippen molar-refractivity contribution in [1.82, 2.24) is 15.1 Å². The molecular formula is C14H25N3. The fourth-order valence-corrected chi connectivity index (χ4v) is 2.11. The van der Waals surface area contributed by atoms with Crippen LogP contribution in [0.1, 0.15) is 36.7 Å². The lowest BCUT2D eigenvalue weighted by molar-refractivity contribution is 0.553. The third-order valence-electron chi connectivity index (χ3n) is 3.31. The van der Waals surface area contributed by atoms with E-state index >= 15 is 0 Å². The Bertz CT molecular complexity index is 366. The van der Waals surface area contributed by atoms with Crippen LogP contribution in [0.25, 0.3) is 0 Å². The Labute approximate surface area is 105 Å². The van der Waals surface area contributed by atoms with E-state index in [0.29, 0.717) is 6.04 Å². The molecule has 1 aromatic heterocycles. The molecule has 96 valence electrons. The van der Waals surface area contributed by atoms with Crippen LogP contribution in [0, 0.1) is 13.8 Å². The first-order valence-electron chi connectivity index (χ1n) is 6.45. The zero-order valence-corrected chi connectivity index (χ0v) is 11.6. The van der Waals surface area contributed by atoms with Gasteiger partial charge in [0.25, 0.3) is 0 Å². The summed E-state index contributed by atoms with van der Waals surface area (Å²) in [4.78, 5) is 0. The Morgan fingerprint density at radius 3 is 2.65 bits per heavy atom. The number of rotatable bonds is 7. The molecule has 0 saturated carbocycles. The monoisotopic (exact) mass is 235 g/mol. The molecule has 0 bridgehead atoms. The number of hydrogen-bond donors (Lipinski definition) is 1. The van der Waals surface area contributed by atoms with Gasteiger partial charge in [-0.05, 0) is 45.2 Å². The van der Waals surface area contributed by atoms with E-state index in [2.05, 4.69) is 37.8 Å². The van der Waals surface area contributed by atoms with Crippen molar-refractivity contribution in [2.24, 2.45) is 7.05 Å². The van der Waals surface area contributed by atoms with Crippen molar-refractivity contribution >= 4 is 0 Å². The zero-order valence-electron chi connectivity index (χ0n) is 11.6. The minimum absolute atomic E-state index is 0.411. The first-order chi connectivity index (χ1) is 8.10. The van der Waals surface area contributed by atoms with E-state index in [1.807, 2.05) is 17.8 Å². The van der Waals surface area contributed by atoms with E-state index < -0.39 is 0 Å². The van der Waals surface area contributed by atoms with Gasteiger partial charge in [-0.3, -0.25) is 4.68 Å². The minimum atomic E-state index is 0.411. The van der Waals surface area contributed by atoms with Crippen LogP contribution in [0.4, 0.5) is 0 Å². The van der Waals surface area contributed by atoms with Gasteiger partial charge in [-0.25, -0.2) is 0 Å². The van der Waals surface area contributed by atoms with Crippen molar-refractivity contribution < 1.29 is 0 Å². The van der Waals surface area contributed by atoms with Crippen molar-refractivity contribution in [3.05, 3.63) is 29.6 Å². The first kappa shape index (κ1) is 14.0. The average Bonchev–Trinajstić information content (AvgIpc) is 2.55. The standard InChI is InChI=1S/C14H25N3/c1-6-10-15-13(7-2)8-9-14-11(3)16-17(5)12(14)4/h7,13,15H,2,6,8-10H2,1,3-5H3. The maximum atomic E-state index is 4.45. The SMILES string of the molecule is C=CC(CCc1c(C)nn(C)c1C)NCCC. The Morgan fingerprint density at radius 1 is 1.47 bits per heavy atom. The molecule has 3 nitrogen and oxygen atoms in total. The van der Waals surface area contributed by atoms with E-state index in [1.54, 1.807) is 0 Å². The summed E-state index contributed by atoms with van der Waals surface area (Å²) in [5.41, 5.74) is 3.82. The maximum Gasteiger partial charge on any atom is 0.0628 e. The summed E-state index contributed by atoms with van der Waals surface area (Å²) in [6.07, 6.45) is 5.34. The second-order valence-electron chi connectivity index (χ2n) is 4.61. The molecule has 0 fully saturated rings. The lowest BCUT2D eigenvalue weighted by Crippen LogP contribution is -2.28. The normalized spacial score (nSPS) is 12.7. The highest BCUT2D eigenvalue weighted by atomic mass is 15.3. The van der Waals surface area contributed by atoms with Crippen LogP contribution in [-0.4, -0.2) is 22.4 Å². The topological polar surface area (TPSA) is 29.9 Å². The van der Waals surface area contributed by atoms with Gasteiger partial charge < -0.3 is 5.32 Å². The van der Waals surface area contributed by atoms with Crippen molar-refractivity contribution in [3.63, 3.8) is 0 Å². The molecule has 1 N–H and O–H groups in total. The van der Waals surface area contributed by atoms with Gasteiger partial charge in [0.1, 0.15) is 0 Å². The molecule has 1 atom stereocenters. The van der Waals surface area contributed by atoms with Gasteiger partial charge in [-0.15, -0.1) is 6.58 Å². The van der Waals surface area contributed by atoms with Gasteiger partial charge in [-0.2, -0.15) is 5.10 Å². The lowest BCUT2D eigenvalue weighted by Gasteiger charge is -2.14. The number of aromatic nitrogens is 2. The zero-order chi connectivity index (χ0) is 12.8. The molecule has 0 aromatic carbocycles. The molecule has 1 rings (SSSR count). The molecule has 3 heteroatoms. The molecule has 0 radical (unpaired) electrons. The molecule has 1 aromatic rings. The summed E-state index contributed by atoms with van der Waals surface area (Å²) in [5, 5.41) is 7.94. The predicted octanol–water partition coefficient (Wildman–Crippen LogP) is 2.52. The average molecular weight is 235 g/mol. The second-order valence-corrected chi connectivity index (χ2v) is 4.61. The highest BCUT2D eigenvalue weighted by molar-refractivity contribution is 5.24. The lowest BCUT2D eigenvalue weighted by atomic mass is 10.0. The van der Waals surface area contributed by atoms with Crippen LogP contribution in [0.5, 0.6) is 0 Å². The summed E-state index contributed by atoms with van der Waals surface area (Å²) < 4.78 is 1.97. The fraction of sp³-hybridized carbons (Fsp3) is 0.643. The van der Waals surface area contributed by atoms with E-state index in [9.17, 15) is 0 Å². The smallest absolute Gasteiger partial charge is 0.0628 e. The van der Waals surface area contributed by atoms with Gasteiger partial charge in [0, 0.05) is 18.8 Å². The summed E-state index contributed by atoms with van der Waals surface area (Å²) in [6, 6.07) is 0.411. The molecule has 0 aliphatic rings. The van der Waals surface area contributed by atoms with Crippen molar-refractivity contribution in [2.75, 3.05) is 6.54 Å². The largest absolute Gasteiger partial charge is 0.311 e. The van der Waals surface area contributed by atoms with E-state index in [0.717, 1.165) is 31.5 Å². The number of nitrogens with one attached hydrogen (secondary N) is 1. The van der Waals surface area contributed by atoms with Gasteiger partial charge in [0.15, 0.2) is 0 Å². The minimum Gasteiger partial charge on any atom is -0.311 e. The maximum absolute atomic E-state index is 4.45. The Kier molecular flexibility index (Phi) is 5.42. The summed E-state index contributed by atoms with van der Waals surface area (Å²) in [7, 11) is 2.01. The van der Waals surface area contributed by atoms with Crippen LogP contribution >= 0.6 is 0 Å². The third-order valence-corrected chi connectivity index (χ3v) is 3.31. The molecule has 1 unspecified atom stereocenters. The molecule has 0 spiro atoms. The number of hydrogen-bond acceptors (Lipinski definition) is 2. The van der Waals surface area contributed by atoms with Gasteiger partial charge in [0.2, 0.25) is 0 Å². The van der Waals surface area contributed by atoms with Gasteiger partial charge in [0.05, 0.1) is 5.69 Å². The predicted molar refractivity (Wildman–Crippen MR) is 73.3 cm³/mol. The number of nitrogens with zero attached hydrogens (tertiary/aromatic N) is 2. The van der Waals surface area contributed by atoms with Crippen LogP contribution in [0.2, 0.25) is 0 Å². The van der Waals surface area contributed by atoms with Gasteiger partial charge in [-0.1, -0.05) is 13.0 Å². The Morgan fingerprint density at radius 2 is 2.18 bits per heavy atom. The Balaban J connectivity index is 2.56. The molecule has 1 heterocycles. The quantitative estimate of drug-likeness (QED) is 0.736. The van der Waals surface area contributed by atoms with E-state index in [-0.39, 0.29) is 0 Å². The Hall–Kier alpha value is -1.09. The van der Waals surface area contributed by atoms with Crippen molar-refractivity contribution in [2.45, 2.75) is 46.1 Å². The summed E-state index contributed by atoms with van der Waals surface area (Å²) in [6.45, 7) is 11.4. The molecule has 0 aliphatic carbocycles. The molecule has 0 aliphatic heterocycles. The van der Waals surface area contributed by atoms with Crippen LogP contribution in [-0.2, 0) is 13.5 Å². The van der Waals surface area contributed by atoms with Crippen LogP contribution in [0.15, 0.2) is 12.7 Å². The molecule has 0 amide bonds. The molecular weight excluding hydrogens is 210 g/mol. The third kappa shape index (κ3) is 3.70. The first-order valence-corrected chi connectivity index (χ1v) is 6.45. The molecule has 17 heavy (non-hydrogen) atoms. The number of aryl methyl sites for hydroxylation is 2. The van der Waals surface area contributed by atoms with E-state index in [4.69, 9.17) is 0 Å². The van der Waals surface area contributed by atoms with Crippen molar-refractivity contribution in [1.29, 1.82) is 0 Å². The second kappa shape index (κ2) is 6.60. The molecule has 0 saturated heterocycles. The van der Waals surface area contributed by atoms with Crippen molar-refractivity contribution in [3.8, 4) is 0 Å². The fourth-order valence-electron chi connectivity index (χ4n) is 2.11. The van der Waals surface area contributed by atoms with Crippen LogP contribution in [0.3, 0.4) is 0 Å². The summed E-state index contributed by atoms with van der Waals surface area (Å²) >= 11 is 0. The van der Waals surface area contributed by atoms with Gasteiger partial charge >= 0.3 is 0 Å². The highest BCUT2D eigenvalue weighted by Crippen LogP contribution is 2.15. The summed E-state index contributed by atoms with van der Waals surface area (Å²) in [5.74, 6) is 0. The van der Waals surface area contributed by atoms with Crippen LogP contribution < -0.4 is 5.32 Å². The highest BCUT2D eigenvalue weighted by Gasteiger charge is 2.11.